The van der Waals surface area contributed by atoms with Crippen molar-refractivity contribution in [3.8, 4) is 0 Å². The molecule has 0 saturated carbocycles. The molecule has 1 atom stereocenters. The Hall–Kier alpha value is -2.06. The maximum Gasteiger partial charge on any atom is 0.134 e. The van der Waals surface area contributed by atoms with Crippen LogP contribution in [0.3, 0.4) is 0 Å². The molecule has 0 fully saturated rings. The Morgan fingerprint density at radius 2 is 1.70 bits per heavy atom. The molecule has 1 aromatic heterocycles. The summed E-state index contributed by atoms with van der Waals surface area (Å²) < 4.78 is 5.68. The fraction of sp³-hybridized carbons (Fsp3) is 0.222. The first-order valence-corrected chi connectivity index (χ1v) is 7.03. The fourth-order valence-corrected chi connectivity index (χ4v) is 2.45. The van der Waals surface area contributed by atoms with E-state index in [0.29, 0.717) is 12.2 Å². The minimum absolute atomic E-state index is 0.522. The van der Waals surface area contributed by atoms with Crippen LogP contribution in [0.5, 0.6) is 0 Å². The summed E-state index contributed by atoms with van der Waals surface area (Å²) in [5.41, 5.74) is 2.15. The van der Waals surface area contributed by atoms with Gasteiger partial charge < -0.3 is 9.52 Å². The van der Waals surface area contributed by atoms with E-state index in [0.717, 1.165) is 23.8 Å². The Bertz CT molecular complexity index is 637. The van der Waals surface area contributed by atoms with Gasteiger partial charge in [0, 0.05) is 5.39 Å². The molecule has 2 aromatic carbocycles. The maximum absolute atomic E-state index is 10.2. The highest BCUT2D eigenvalue weighted by atomic mass is 16.4. The number of rotatable bonds is 5. The quantitative estimate of drug-likeness (QED) is 0.738. The van der Waals surface area contributed by atoms with Gasteiger partial charge in [0.15, 0.2) is 0 Å². The SMILES string of the molecule is OC(CCCc1ccccc1)c1cc2ccccc2o1. The van der Waals surface area contributed by atoms with Gasteiger partial charge in [-0.25, -0.2) is 0 Å². The maximum atomic E-state index is 10.2. The standard InChI is InChI=1S/C18H18O2/c19-16(11-6-9-14-7-2-1-3-8-14)18-13-15-10-4-5-12-17(15)20-18/h1-5,7-8,10,12-13,16,19H,6,9,11H2. The van der Waals surface area contributed by atoms with Crippen molar-refractivity contribution in [2.75, 3.05) is 0 Å². The molecule has 0 spiro atoms. The second-order valence-corrected chi connectivity index (χ2v) is 5.08. The van der Waals surface area contributed by atoms with Crippen LogP contribution in [0.15, 0.2) is 65.1 Å². The molecule has 0 saturated heterocycles. The summed E-state index contributed by atoms with van der Waals surface area (Å²) in [6, 6.07) is 20.1. The predicted molar refractivity (Wildman–Crippen MR) is 80.6 cm³/mol. The summed E-state index contributed by atoms with van der Waals surface area (Å²) in [6.45, 7) is 0. The molecule has 0 radical (unpaired) electrons. The predicted octanol–water partition coefficient (Wildman–Crippen LogP) is 4.49. The lowest BCUT2D eigenvalue weighted by molar-refractivity contribution is 0.140. The van der Waals surface area contributed by atoms with Gasteiger partial charge in [-0.05, 0) is 37.0 Å². The van der Waals surface area contributed by atoms with Crippen LogP contribution < -0.4 is 0 Å². The molecule has 1 unspecified atom stereocenters. The Labute approximate surface area is 118 Å². The molecule has 20 heavy (non-hydrogen) atoms. The first kappa shape index (κ1) is 12.9. The lowest BCUT2D eigenvalue weighted by atomic mass is 10.0. The molecule has 102 valence electrons. The molecule has 2 heteroatoms. The van der Waals surface area contributed by atoms with E-state index in [9.17, 15) is 5.11 Å². The van der Waals surface area contributed by atoms with E-state index >= 15 is 0 Å². The van der Waals surface area contributed by atoms with Gasteiger partial charge in [0.1, 0.15) is 17.4 Å². The second-order valence-electron chi connectivity index (χ2n) is 5.08. The molecular weight excluding hydrogens is 248 g/mol. The zero-order chi connectivity index (χ0) is 13.8. The molecule has 3 aromatic rings. The summed E-state index contributed by atoms with van der Waals surface area (Å²) in [4.78, 5) is 0. The van der Waals surface area contributed by atoms with E-state index in [1.807, 2.05) is 48.5 Å². The highest BCUT2D eigenvalue weighted by molar-refractivity contribution is 5.77. The number of aliphatic hydroxyl groups excluding tert-OH is 1. The minimum atomic E-state index is -0.522. The normalized spacial score (nSPS) is 12.7. The summed E-state index contributed by atoms with van der Waals surface area (Å²) in [6.07, 6.45) is 2.13. The number of aliphatic hydroxyl groups is 1. The Kier molecular flexibility index (Phi) is 3.84. The van der Waals surface area contributed by atoms with Crippen molar-refractivity contribution in [1.82, 2.24) is 0 Å². The number of aryl methyl sites for hydroxylation is 1. The summed E-state index contributed by atoms with van der Waals surface area (Å²) >= 11 is 0. The summed E-state index contributed by atoms with van der Waals surface area (Å²) in [5.74, 6) is 0.666. The van der Waals surface area contributed by atoms with Gasteiger partial charge in [-0.1, -0.05) is 48.5 Å². The third-order valence-electron chi connectivity index (χ3n) is 3.56. The van der Waals surface area contributed by atoms with Crippen molar-refractivity contribution in [3.05, 3.63) is 72.0 Å². The number of hydrogen-bond acceptors (Lipinski definition) is 2. The summed E-state index contributed by atoms with van der Waals surface area (Å²) in [5, 5.41) is 11.3. The van der Waals surface area contributed by atoms with Gasteiger partial charge in [0.05, 0.1) is 0 Å². The molecule has 3 rings (SSSR count). The van der Waals surface area contributed by atoms with Gasteiger partial charge in [-0.2, -0.15) is 0 Å². The van der Waals surface area contributed by atoms with Gasteiger partial charge >= 0.3 is 0 Å². The second kappa shape index (κ2) is 5.93. The first-order valence-electron chi connectivity index (χ1n) is 7.03. The van der Waals surface area contributed by atoms with Crippen molar-refractivity contribution in [1.29, 1.82) is 0 Å². The van der Waals surface area contributed by atoms with Crippen molar-refractivity contribution in [3.63, 3.8) is 0 Å². The van der Waals surface area contributed by atoms with E-state index < -0.39 is 6.10 Å². The van der Waals surface area contributed by atoms with Crippen molar-refractivity contribution >= 4 is 11.0 Å². The minimum Gasteiger partial charge on any atom is -0.458 e. The largest absolute Gasteiger partial charge is 0.458 e. The molecule has 0 bridgehead atoms. The zero-order valence-corrected chi connectivity index (χ0v) is 11.3. The molecule has 0 aliphatic carbocycles. The Morgan fingerprint density at radius 1 is 0.950 bits per heavy atom. The van der Waals surface area contributed by atoms with E-state index in [1.165, 1.54) is 5.56 Å². The van der Waals surface area contributed by atoms with Crippen molar-refractivity contribution < 1.29 is 9.52 Å². The van der Waals surface area contributed by atoms with E-state index in [-0.39, 0.29) is 0 Å². The third kappa shape index (κ3) is 2.91. The van der Waals surface area contributed by atoms with E-state index in [4.69, 9.17) is 4.42 Å². The average molecular weight is 266 g/mol. The molecule has 1 N–H and O–H groups in total. The summed E-state index contributed by atoms with van der Waals surface area (Å²) in [7, 11) is 0. The zero-order valence-electron chi connectivity index (χ0n) is 11.3. The van der Waals surface area contributed by atoms with Crippen LogP contribution in [0.2, 0.25) is 0 Å². The smallest absolute Gasteiger partial charge is 0.134 e. The molecule has 0 aliphatic rings. The van der Waals surface area contributed by atoms with Crippen LogP contribution in [-0.2, 0) is 6.42 Å². The van der Waals surface area contributed by atoms with Gasteiger partial charge in [-0.15, -0.1) is 0 Å². The number of fused-ring (bicyclic) bond motifs is 1. The van der Waals surface area contributed by atoms with Crippen LogP contribution >= 0.6 is 0 Å². The molecular formula is C18H18O2. The van der Waals surface area contributed by atoms with Crippen LogP contribution in [0, 0.1) is 0 Å². The monoisotopic (exact) mass is 266 g/mol. The number of furan rings is 1. The van der Waals surface area contributed by atoms with Crippen molar-refractivity contribution in [2.45, 2.75) is 25.4 Å². The van der Waals surface area contributed by atoms with Gasteiger partial charge in [-0.3, -0.25) is 0 Å². The topological polar surface area (TPSA) is 33.4 Å². The van der Waals surface area contributed by atoms with Crippen LogP contribution in [0.1, 0.15) is 30.3 Å². The van der Waals surface area contributed by atoms with E-state index in [1.54, 1.807) is 0 Å². The lowest BCUT2D eigenvalue weighted by Crippen LogP contribution is -1.96. The van der Waals surface area contributed by atoms with Crippen LogP contribution in [0.25, 0.3) is 11.0 Å². The number of benzene rings is 2. The van der Waals surface area contributed by atoms with Gasteiger partial charge in [0.25, 0.3) is 0 Å². The molecule has 1 heterocycles. The Balaban J connectivity index is 1.60. The van der Waals surface area contributed by atoms with E-state index in [2.05, 4.69) is 12.1 Å². The molecule has 0 aliphatic heterocycles. The lowest BCUT2D eigenvalue weighted by Gasteiger charge is -2.07. The van der Waals surface area contributed by atoms with Crippen molar-refractivity contribution in [2.24, 2.45) is 0 Å². The molecule has 0 amide bonds. The highest BCUT2D eigenvalue weighted by Crippen LogP contribution is 2.26. The fourth-order valence-electron chi connectivity index (χ4n) is 2.45. The number of para-hydroxylation sites is 1. The Morgan fingerprint density at radius 3 is 2.50 bits per heavy atom. The van der Waals surface area contributed by atoms with Crippen LogP contribution in [0.4, 0.5) is 0 Å². The molecule has 2 nitrogen and oxygen atoms in total. The van der Waals surface area contributed by atoms with Gasteiger partial charge in [0.2, 0.25) is 0 Å². The first-order chi connectivity index (χ1) is 9.83. The van der Waals surface area contributed by atoms with Crippen LogP contribution in [-0.4, -0.2) is 5.11 Å². The third-order valence-corrected chi connectivity index (χ3v) is 3.56. The number of hydrogen-bond donors (Lipinski definition) is 1. The highest BCUT2D eigenvalue weighted by Gasteiger charge is 2.12. The average Bonchev–Trinajstić information content (AvgIpc) is 2.92.